The zero-order chi connectivity index (χ0) is 15.9. The molecule has 2 rings (SSSR count). The smallest absolute Gasteiger partial charge is 0.271 e. The molecule has 0 aliphatic rings. The molecule has 0 aromatic heterocycles. The summed E-state index contributed by atoms with van der Waals surface area (Å²) in [6, 6.07) is 16.1. The highest BCUT2D eigenvalue weighted by atomic mass is 16.2. The number of carbonyl (C=O) groups is 2. The molecular formula is C17H17N3O2. The monoisotopic (exact) mass is 295 g/mol. The van der Waals surface area contributed by atoms with Gasteiger partial charge in [-0.3, -0.25) is 9.59 Å². The molecule has 0 aliphatic heterocycles. The first-order valence-corrected chi connectivity index (χ1v) is 6.84. The van der Waals surface area contributed by atoms with Gasteiger partial charge in [-0.15, -0.1) is 0 Å². The third-order valence-electron chi connectivity index (χ3n) is 2.98. The second-order valence-corrected chi connectivity index (χ2v) is 4.76. The molecule has 22 heavy (non-hydrogen) atoms. The number of benzene rings is 2. The van der Waals surface area contributed by atoms with Crippen molar-refractivity contribution in [2.45, 2.75) is 13.8 Å². The molecule has 2 aromatic carbocycles. The van der Waals surface area contributed by atoms with E-state index in [0.717, 1.165) is 11.3 Å². The maximum Gasteiger partial charge on any atom is 0.271 e. The van der Waals surface area contributed by atoms with Gasteiger partial charge in [-0.1, -0.05) is 30.3 Å². The highest BCUT2D eigenvalue weighted by Gasteiger charge is 2.04. The Morgan fingerprint density at radius 2 is 1.50 bits per heavy atom. The predicted octanol–water partition coefficient (Wildman–Crippen LogP) is 2.80. The zero-order valence-corrected chi connectivity index (χ0v) is 12.5. The van der Waals surface area contributed by atoms with Gasteiger partial charge in [0.25, 0.3) is 5.91 Å². The van der Waals surface area contributed by atoms with Gasteiger partial charge >= 0.3 is 0 Å². The van der Waals surface area contributed by atoms with Gasteiger partial charge in [0.15, 0.2) is 0 Å². The van der Waals surface area contributed by atoms with Crippen molar-refractivity contribution in [3.63, 3.8) is 0 Å². The average Bonchev–Trinajstić information content (AvgIpc) is 2.53. The Morgan fingerprint density at radius 1 is 0.864 bits per heavy atom. The molecule has 112 valence electrons. The largest absolute Gasteiger partial charge is 0.326 e. The summed E-state index contributed by atoms with van der Waals surface area (Å²) < 4.78 is 0. The summed E-state index contributed by atoms with van der Waals surface area (Å²) in [6.45, 7) is 3.26. The van der Waals surface area contributed by atoms with E-state index in [-0.39, 0.29) is 11.8 Å². The van der Waals surface area contributed by atoms with Gasteiger partial charge in [0.05, 0.1) is 5.71 Å². The number of hydrogen-bond acceptors (Lipinski definition) is 3. The standard InChI is InChI=1S/C17H17N3O2/c1-12(14-8-10-16(11-9-14)18-13(2)21)19-20-17(22)15-6-4-3-5-7-15/h3-11H,1-2H3,(H,18,21)(H,20,22)/b19-12-. The summed E-state index contributed by atoms with van der Waals surface area (Å²) in [5, 5.41) is 6.79. The SMILES string of the molecule is CC(=O)Nc1ccc(/C(C)=N\NC(=O)c2ccccc2)cc1. The van der Waals surface area contributed by atoms with Gasteiger partial charge in [-0.25, -0.2) is 5.43 Å². The van der Waals surface area contributed by atoms with Gasteiger partial charge in [0, 0.05) is 18.2 Å². The molecule has 5 nitrogen and oxygen atoms in total. The fourth-order valence-electron chi connectivity index (χ4n) is 1.85. The molecule has 0 radical (unpaired) electrons. The summed E-state index contributed by atoms with van der Waals surface area (Å²) >= 11 is 0. The van der Waals surface area contributed by atoms with Crippen molar-refractivity contribution in [3.05, 3.63) is 65.7 Å². The van der Waals surface area contributed by atoms with Crippen LogP contribution in [-0.2, 0) is 4.79 Å². The van der Waals surface area contributed by atoms with Crippen LogP contribution in [0.15, 0.2) is 59.7 Å². The minimum Gasteiger partial charge on any atom is -0.326 e. The first kappa shape index (κ1) is 15.4. The number of hydrogen-bond donors (Lipinski definition) is 2. The minimum atomic E-state index is -0.255. The van der Waals surface area contributed by atoms with Crippen molar-refractivity contribution in [1.29, 1.82) is 0 Å². The van der Waals surface area contributed by atoms with Crippen molar-refractivity contribution in [3.8, 4) is 0 Å². The Kier molecular flexibility index (Phi) is 5.03. The quantitative estimate of drug-likeness (QED) is 0.672. The van der Waals surface area contributed by atoms with Crippen LogP contribution in [0.4, 0.5) is 5.69 Å². The Balaban J connectivity index is 2.03. The molecule has 0 bridgehead atoms. The lowest BCUT2D eigenvalue weighted by Crippen LogP contribution is -2.19. The Bertz CT molecular complexity index is 692. The van der Waals surface area contributed by atoms with Crippen LogP contribution in [0.3, 0.4) is 0 Å². The van der Waals surface area contributed by atoms with Crippen LogP contribution in [0.2, 0.25) is 0 Å². The van der Waals surface area contributed by atoms with Gasteiger partial charge < -0.3 is 5.32 Å². The molecule has 0 saturated carbocycles. The highest BCUT2D eigenvalue weighted by Crippen LogP contribution is 2.10. The maximum atomic E-state index is 11.9. The van der Waals surface area contributed by atoms with Crippen LogP contribution in [0.5, 0.6) is 0 Å². The van der Waals surface area contributed by atoms with Crippen molar-refractivity contribution in [2.75, 3.05) is 5.32 Å². The topological polar surface area (TPSA) is 70.6 Å². The van der Waals surface area contributed by atoms with E-state index in [1.54, 1.807) is 43.3 Å². The normalized spacial score (nSPS) is 10.9. The van der Waals surface area contributed by atoms with Gasteiger partial charge in [0.2, 0.25) is 5.91 Å². The number of carbonyl (C=O) groups excluding carboxylic acids is 2. The van der Waals surface area contributed by atoms with E-state index in [2.05, 4.69) is 15.8 Å². The molecule has 0 spiro atoms. The van der Waals surface area contributed by atoms with E-state index in [0.29, 0.717) is 11.3 Å². The first-order chi connectivity index (χ1) is 10.6. The molecule has 2 amide bonds. The molecular weight excluding hydrogens is 278 g/mol. The van der Waals surface area contributed by atoms with E-state index in [1.165, 1.54) is 6.92 Å². The van der Waals surface area contributed by atoms with Crippen LogP contribution in [0.25, 0.3) is 0 Å². The molecule has 0 atom stereocenters. The Labute approximate surface area is 129 Å². The molecule has 2 N–H and O–H groups in total. The van der Waals surface area contributed by atoms with Gasteiger partial charge in [-0.05, 0) is 36.8 Å². The molecule has 0 aliphatic carbocycles. The predicted molar refractivity (Wildman–Crippen MR) is 86.9 cm³/mol. The molecule has 5 heteroatoms. The van der Waals surface area contributed by atoms with Gasteiger partial charge in [0.1, 0.15) is 0 Å². The molecule has 0 saturated heterocycles. The minimum absolute atomic E-state index is 0.117. The summed E-state index contributed by atoms with van der Waals surface area (Å²) in [5.41, 5.74) is 5.34. The lowest BCUT2D eigenvalue weighted by atomic mass is 10.1. The summed E-state index contributed by atoms with van der Waals surface area (Å²) in [7, 11) is 0. The summed E-state index contributed by atoms with van der Waals surface area (Å²) in [6.07, 6.45) is 0. The summed E-state index contributed by atoms with van der Waals surface area (Å²) in [4.78, 5) is 22.9. The lowest BCUT2D eigenvalue weighted by molar-refractivity contribution is -0.114. The number of nitrogens with zero attached hydrogens (tertiary/aromatic N) is 1. The average molecular weight is 295 g/mol. The van der Waals surface area contributed by atoms with E-state index in [1.807, 2.05) is 18.2 Å². The third kappa shape index (κ3) is 4.28. The number of amides is 2. The van der Waals surface area contributed by atoms with Crippen LogP contribution >= 0.6 is 0 Å². The lowest BCUT2D eigenvalue weighted by Gasteiger charge is -2.05. The molecule has 0 heterocycles. The molecule has 0 unspecified atom stereocenters. The second-order valence-electron chi connectivity index (χ2n) is 4.76. The molecule has 0 fully saturated rings. The van der Waals surface area contributed by atoms with Crippen LogP contribution in [-0.4, -0.2) is 17.5 Å². The second kappa shape index (κ2) is 7.17. The van der Waals surface area contributed by atoms with Crippen molar-refractivity contribution in [1.82, 2.24) is 5.43 Å². The first-order valence-electron chi connectivity index (χ1n) is 6.84. The maximum absolute atomic E-state index is 11.9. The van der Waals surface area contributed by atoms with E-state index in [9.17, 15) is 9.59 Å². The van der Waals surface area contributed by atoms with Gasteiger partial charge in [-0.2, -0.15) is 5.10 Å². The van der Waals surface area contributed by atoms with Crippen LogP contribution in [0.1, 0.15) is 29.8 Å². The van der Waals surface area contributed by atoms with Crippen molar-refractivity contribution in [2.24, 2.45) is 5.10 Å². The van der Waals surface area contributed by atoms with Crippen molar-refractivity contribution >= 4 is 23.2 Å². The van der Waals surface area contributed by atoms with E-state index >= 15 is 0 Å². The fraction of sp³-hybridized carbons (Fsp3) is 0.118. The number of nitrogens with one attached hydrogen (secondary N) is 2. The summed E-state index contributed by atoms with van der Waals surface area (Å²) in [5.74, 6) is -0.372. The third-order valence-corrected chi connectivity index (χ3v) is 2.98. The molecule has 2 aromatic rings. The zero-order valence-electron chi connectivity index (χ0n) is 12.5. The number of hydrazone groups is 1. The van der Waals surface area contributed by atoms with E-state index in [4.69, 9.17) is 0 Å². The van der Waals surface area contributed by atoms with Crippen LogP contribution < -0.4 is 10.7 Å². The fourth-order valence-corrected chi connectivity index (χ4v) is 1.85. The van der Waals surface area contributed by atoms with Crippen LogP contribution in [0, 0.1) is 0 Å². The Morgan fingerprint density at radius 3 is 2.09 bits per heavy atom. The van der Waals surface area contributed by atoms with E-state index < -0.39 is 0 Å². The number of rotatable bonds is 4. The Hall–Kier alpha value is -2.95. The number of anilines is 1. The highest BCUT2D eigenvalue weighted by molar-refractivity contribution is 6.01. The van der Waals surface area contributed by atoms with Crippen molar-refractivity contribution < 1.29 is 9.59 Å².